The third-order valence-corrected chi connectivity index (χ3v) is 3.63. The van der Waals surface area contributed by atoms with Crippen LogP contribution in [-0.4, -0.2) is 15.1 Å². The first-order chi connectivity index (χ1) is 12.1. The average Bonchev–Trinajstić information content (AvgIpc) is 3.11. The van der Waals surface area contributed by atoms with E-state index in [-0.39, 0.29) is 23.0 Å². The second kappa shape index (κ2) is 5.68. The van der Waals surface area contributed by atoms with Gasteiger partial charge in [-0.15, -0.1) is 0 Å². The quantitative estimate of drug-likeness (QED) is 0.320. The first kappa shape index (κ1) is 14.8. The van der Waals surface area contributed by atoms with Crippen molar-refractivity contribution in [2.45, 2.75) is 0 Å². The van der Waals surface area contributed by atoms with E-state index in [9.17, 15) is 14.9 Å². The van der Waals surface area contributed by atoms with Crippen molar-refractivity contribution in [2.75, 3.05) is 0 Å². The van der Waals surface area contributed by atoms with Crippen LogP contribution in [0.15, 0.2) is 68.3 Å². The lowest BCUT2D eigenvalue weighted by Gasteiger charge is -1.97. The smallest absolute Gasteiger partial charge is 0.349 e. The Kier molecular flexibility index (Phi) is 3.35. The van der Waals surface area contributed by atoms with E-state index in [4.69, 9.17) is 8.94 Å². The number of aromatic nitrogens is 2. The summed E-state index contributed by atoms with van der Waals surface area (Å²) in [5.41, 5.74) is 0.525. The van der Waals surface area contributed by atoms with Gasteiger partial charge in [-0.25, -0.2) is 4.79 Å². The zero-order valence-corrected chi connectivity index (χ0v) is 12.6. The van der Waals surface area contributed by atoms with Crippen molar-refractivity contribution in [1.82, 2.24) is 10.1 Å². The maximum atomic E-state index is 12.1. The van der Waals surface area contributed by atoms with Crippen LogP contribution in [0.4, 0.5) is 5.69 Å². The fourth-order valence-electron chi connectivity index (χ4n) is 2.39. The van der Waals surface area contributed by atoms with E-state index >= 15 is 0 Å². The van der Waals surface area contributed by atoms with Crippen molar-refractivity contribution in [3.05, 3.63) is 75.1 Å². The molecule has 8 heteroatoms. The monoisotopic (exact) mass is 335 g/mol. The van der Waals surface area contributed by atoms with E-state index < -0.39 is 10.5 Å². The zero-order valence-electron chi connectivity index (χ0n) is 12.6. The average molecular weight is 335 g/mol. The Labute approximate surface area is 139 Å². The lowest BCUT2D eigenvalue weighted by atomic mass is 10.2. The van der Waals surface area contributed by atoms with Gasteiger partial charge in [0.1, 0.15) is 11.1 Å². The second-order valence-corrected chi connectivity index (χ2v) is 5.21. The van der Waals surface area contributed by atoms with Crippen molar-refractivity contribution >= 4 is 16.7 Å². The number of nitrogens with zero attached hydrogens (tertiary/aromatic N) is 3. The van der Waals surface area contributed by atoms with Crippen LogP contribution in [0.25, 0.3) is 33.8 Å². The molecule has 2 aromatic carbocycles. The Balaban J connectivity index is 1.75. The Bertz CT molecular complexity index is 1140. The summed E-state index contributed by atoms with van der Waals surface area (Å²) in [5, 5.41) is 15.2. The normalized spacial score (nSPS) is 10.9. The Morgan fingerprint density at radius 2 is 1.80 bits per heavy atom. The molecular formula is C17H9N3O5. The Morgan fingerprint density at radius 3 is 2.56 bits per heavy atom. The van der Waals surface area contributed by atoms with Crippen LogP contribution < -0.4 is 5.63 Å². The molecule has 0 spiro atoms. The number of fused-ring (bicyclic) bond motifs is 1. The van der Waals surface area contributed by atoms with Gasteiger partial charge in [0.2, 0.25) is 5.82 Å². The summed E-state index contributed by atoms with van der Waals surface area (Å²) in [7, 11) is 0. The summed E-state index contributed by atoms with van der Waals surface area (Å²) in [6, 6.07) is 14.4. The molecule has 0 N–H and O–H groups in total. The zero-order chi connectivity index (χ0) is 17.4. The van der Waals surface area contributed by atoms with E-state index in [1.54, 1.807) is 24.3 Å². The topological polar surface area (TPSA) is 112 Å². The summed E-state index contributed by atoms with van der Waals surface area (Å²) in [6.07, 6.45) is 0. The molecule has 0 aliphatic heterocycles. The molecule has 0 saturated carbocycles. The second-order valence-electron chi connectivity index (χ2n) is 5.21. The van der Waals surface area contributed by atoms with Crippen molar-refractivity contribution < 1.29 is 13.9 Å². The third-order valence-electron chi connectivity index (χ3n) is 3.63. The molecule has 0 unspecified atom stereocenters. The van der Waals surface area contributed by atoms with Crippen molar-refractivity contribution in [3.63, 3.8) is 0 Å². The van der Waals surface area contributed by atoms with E-state index in [1.807, 2.05) is 6.07 Å². The highest BCUT2D eigenvalue weighted by Gasteiger charge is 2.16. The molecule has 0 fully saturated rings. The Morgan fingerprint density at radius 1 is 1.04 bits per heavy atom. The van der Waals surface area contributed by atoms with Gasteiger partial charge in [0.25, 0.3) is 11.6 Å². The predicted octanol–water partition coefficient (Wildman–Crippen LogP) is 3.42. The summed E-state index contributed by atoms with van der Waals surface area (Å²) in [4.78, 5) is 26.5. The number of hydrogen-bond donors (Lipinski definition) is 0. The highest BCUT2D eigenvalue weighted by molar-refractivity contribution is 5.80. The first-order valence-corrected chi connectivity index (χ1v) is 7.23. The first-order valence-electron chi connectivity index (χ1n) is 7.23. The molecule has 8 nitrogen and oxygen atoms in total. The summed E-state index contributed by atoms with van der Waals surface area (Å²) in [5.74, 6) is 0.241. The van der Waals surface area contributed by atoms with Gasteiger partial charge in [-0.3, -0.25) is 10.1 Å². The predicted molar refractivity (Wildman–Crippen MR) is 87.9 cm³/mol. The molecule has 0 bridgehead atoms. The highest BCUT2D eigenvalue weighted by Crippen LogP contribution is 2.24. The molecule has 4 aromatic rings. The number of nitro benzene ring substituents is 1. The number of hydrogen-bond acceptors (Lipinski definition) is 7. The number of para-hydroxylation sites is 1. The van der Waals surface area contributed by atoms with Gasteiger partial charge >= 0.3 is 5.63 Å². The molecule has 0 atom stereocenters. The van der Waals surface area contributed by atoms with Crippen LogP contribution in [0, 0.1) is 10.1 Å². The number of non-ortho nitro benzene ring substituents is 1. The molecular weight excluding hydrogens is 326 g/mol. The van der Waals surface area contributed by atoms with Crippen LogP contribution in [0.2, 0.25) is 0 Å². The molecule has 0 aliphatic carbocycles. The molecule has 122 valence electrons. The molecule has 0 amide bonds. The minimum atomic E-state index is -0.586. The van der Waals surface area contributed by atoms with Crippen molar-refractivity contribution in [2.24, 2.45) is 0 Å². The molecule has 25 heavy (non-hydrogen) atoms. The fourth-order valence-corrected chi connectivity index (χ4v) is 2.39. The van der Waals surface area contributed by atoms with Crippen LogP contribution >= 0.6 is 0 Å². The molecule has 2 aromatic heterocycles. The maximum absolute atomic E-state index is 12.1. The van der Waals surface area contributed by atoms with Crippen LogP contribution in [0.3, 0.4) is 0 Å². The lowest BCUT2D eigenvalue weighted by molar-refractivity contribution is -0.384. The highest BCUT2D eigenvalue weighted by atomic mass is 16.6. The number of nitro groups is 1. The third kappa shape index (κ3) is 2.65. The van der Waals surface area contributed by atoms with E-state index in [0.717, 1.165) is 5.39 Å². The van der Waals surface area contributed by atoms with Crippen molar-refractivity contribution in [3.8, 4) is 22.8 Å². The number of rotatable bonds is 3. The van der Waals surface area contributed by atoms with E-state index in [0.29, 0.717) is 11.1 Å². The van der Waals surface area contributed by atoms with Gasteiger partial charge in [-0.2, -0.15) is 4.98 Å². The van der Waals surface area contributed by atoms with Crippen LogP contribution in [0.5, 0.6) is 0 Å². The Hall–Kier alpha value is -3.81. The minimum absolute atomic E-state index is 0.0212. The fraction of sp³-hybridized carbons (Fsp3) is 0. The van der Waals surface area contributed by atoms with Crippen LogP contribution in [-0.2, 0) is 0 Å². The van der Waals surface area contributed by atoms with Crippen molar-refractivity contribution in [1.29, 1.82) is 0 Å². The summed E-state index contributed by atoms with van der Waals surface area (Å²) < 4.78 is 10.4. The van der Waals surface area contributed by atoms with Gasteiger partial charge in [0.05, 0.1) is 4.92 Å². The summed E-state index contributed by atoms with van der Waals surface area (Å²) in [6.45, 7) is 0. The standard InChI is InChI=1S/C17H9N3O5/c21-17-13(9-11-3-1-2-4-14(11)24-17)16-18-15(19-25-16)10-5-7-12(8-6-10)20(22)23/h1-9H. The summed E-state index contributed by atoms with van der Waals surface area (Å²) >= 11 is 0. The van der Waals surface area contributed by atoms with Gasteiger partial charge in [0.15, 0.2) is 0 Å². The maximum Gasteiger partial charge on any atom is 0.349 e. The van der Waals surface area contributed by atoms with Gasteiger partial charge in [0, 0.05) is 23.1 Å². The largest absolute Gasteiger partial charge is 0.422 e. The minimum Gasteiger partial charge on any atom is -0.422 e. The molecule has 0 radical (unpaired) electrons. The SMILES string of the molecule is O=c1oc2ccccc2cc1-c1nc(-c2ccc([N+](=O)[O-])cc2)no1. The van der Waals surface area contributed by atoms with E-state index in [2.05, 4.69) is 10.1 Å². The molecule has 2 heterocycles. The van der Waals surface area contributed by atoms with Gasteiger partial charge in [-0.05, 0) is 24.3 Å². The number of benzene rings is 2. The van der Waals surface area contributed by atoms with E-state index in [1.165, 1.54) is 24.3 Å². The van der Waals surface area contributed by atoms with Gasteiger partial charge < -0.3 is 8.94 Å². The molecule has 4 rings (SSSR count). The molecule has 0 aliphatic rings. The van der Waals surface area contributed by atoms with Crippen LogP contribution in [0.1, 0.15) is 0 Å². The molecule has 0 saturated heterocycles. The van der Waals surface area contributed by atoms with Gasteiger partial charge in [-0.1, -0.05) is 23.4 Å². The lowest BCUT2D eigenvalue weighted by Crippen LogP contribution is -2.02.